The van der Waals surface area contributed by atoms with Crippen LogP contribution in [-0.2, 0) is 39.6 Å². The molecule has 230 valence electrons. The number of imidazole rings is 1. The van der Waals surface area contributed by atoms with Gasteiger partial charge in [-0.1, -0.05) is 13.8 Å². The number of aliphatic hydroxyl groups is 1. The van der Waals surface area contributed by atoms with E-state index in [1.165, 1.54) is 18.0 Å². The van der Waals surface area contributed by atoms with Crippen LogP contribution < -0.4 is 10.9 Å². The van der Waals surface area contributed by atoms with Gasteiger partial charge in [0.05, 0.1) is 49.1 Å². The number of hydrogen-bond acceptors (Lipinski definition) is 13. The molecule has 1 aliphatic heterocycles. The summed E-state index contributed by atoms with van der Waals surface area (Å²) < 4.78 is 31.1. The van der Waals surface area contributed by atoms with Crippen LogP contribution in [0.25, 0.3) is 11.2 Å². The average Bonchev–Trinajstić information content (AvgIpc) is 3.42. The van der Waals surface area contributed by atoms with Gasteiger partial charge >= 0.3 is 6.72 Å². The van der Waals surface area contributed by atoms with Gasteiger partial charge in [0.25, 0.3) is 5.56 Å². The lowest BCUT2D eigenvalue weighted by molar-refractivity contribution is -0.118. The number of aromatic amines is 1. The van der Waals surface area contributed by atoms with Gasteiger partial charge in [-0.15, -0.1) is 0 Å². The summed E-state index contributed by atoms with van der Waals surface area (Å²) in [7, 11) is 1.38. The number of amides is 1. The van der Waals surface area contributed by atoms with Crippen LogP contribution in [0.1, 0.15) is 60.6 Å². The van der Waals surface area contributed by atoms with Gasteiger partial charge in [0, 0.05) is 13.0 Å². The number of carbonyl (C=O) groups is 1. The first kappa shape index (κ1) is 33.7. The second-order valence-corrected chi connectivity index (χ2v) is 14.1. The van der Waals surface area contributed by atoms with Crippen LogP contribution in [-0.4, -0.2) is 73.8 Å². The van der Waals surface area contributed by atoms with Crippen LogP contribution in [0.15, 0.2) is 11.1 Å². The fourth-order valence-electron chi connectivity index (χ4n) is 4.05. The minimum atomic E-state index is -3.60. The number of anilines is 1. The fourth-order valence-corrected chi connectivity index (χ4v) is 7.26. The number of methoxy groups -OCH3 is 1. The summed E-state index contributed by atoms with van der Waals surface area (Å²) in [5, 5.41) is 32.1. The molecule has 0 spiro atoms. The molecule has 1 saturated heterocycles. The summed E-state index contributed by atoms with van der Waals surface area (Å²) in [6.07, 6.45) is -2.89. The molecule has 1 amide bonds. The zero-order valence-corrected chi connectivity index (χ0v) is 26.2. The zero-order valence-electron chi connectivity index (χ0n) is 24.5. The Bertz CT molecular complexity index is 1440. The number of ether oxygens (including phenoxy) is 2. The van der Waals surface area contributed by atoms with Crippen molar-refractivity contribution in [1.29, 1.82) is 10.5 Å². The van der Waals surface area contributed by atoms with Crippen molar-refractivity contribution in [2.45, 2.75) is 90.1 Å². The molecule has 0 radical (unpaired) electrons. The van der Waals surface area contributed by atoms with Crippen LogP contribution in [0, 0.1) is 28.6 Å². The predicted octanol–water partition coefficient (Wildman–Crippen LogP) is 2.65. The first-order valence-electron chi connectivity index (χ1n) is 13.1. The molecule has 0 saturated carbocycles. The Morgan fingerprint density at radius 3 is 2.38 bits per heavy atom. The molecular weight excluding hydrogens is 589 g/mol. The highest BCUT2D eigenvalue weighted by atomic mass is 32.5. The van der Waals surface area contributed by atoms with E-state index in [9.17, 15) is 25.2 Å². The number of nitrogens with zero attached hydrogens (tertiary/aromatic N) is 5. The Kier molecular flexibility index (Phi) is 10.6. The molecule has 15 nitrogen and oxygen atoms in total. The maximum atomic E-state index is 12.7. The average molecular weight is 626 g/mol. The fraction of sp³-hybridized carbons (Fsp3) is 0.680. The summed E-state index contributed by atoms with van der Waals surface area (Å²) >= 11 is 5.67. The highest BCUT2D eigenvalue weighted by Crippen LogP contribution is 2.57. The van der Waals surface area contributed by atoms with Crippen molar-refractivity contribution in [2.75, 3.05) is 19.0 Å². The lowest BCUT2D eigenvalue weighted by Crippen LogP contribution is -2.36. The van der Waals surface area contributed by atoms with Gasteiger partial charge < -0.3 is 28.2 Å². The summed E-state index contributed by atoms with van der Waals surface area (Å²) in [6, 6.07) is 4.07. The number of nitriles is 2. The van der Waals surface area contributed by atoms with Gasteiger partial charge in [-0.25, -0.2) is 4.98 Å². The van der Waals surface area contributed by atoms with E-state index in [0.717, 1.165) is 0 Å². The SMILES string of the molecule is CO[C@@H]1[C@H](O)[C@@H](COP(=S)(OC(C)(C)CC#N)OC(C)(C)CC#N)O[C@H]1n1cnc2c(=O)[nH]c(NC(=O)C(C)C)nc21. The minimum Gasteiger partial charge on any atom is -0.387 e. The lowest BCUT2D eigenvalue weighted by atomic mass is 10.1. The van der Waals surface area contributed by atoms with E-state index < -0.39 is 48.0 Å². The topological polar surface area (TPSA) is 207 Å². The van der Waals surface area contributed by atoms with E-state index in [4.69, 9.17) is 34.9 Å². The number of H-pyrrole nitrogens is 1. The van der Waals surface area contributed by atoms with Crippen LogP contribution in [0.3, 0.4) is 0 Å². The van der Waals surface area contributed by atoms with Gasteiger partial charge in [-0.05, 0) is 39.5 Å². The molecule has 2 aromatic heterocycles. The first-order chi connectivity index (χ1) is 19.5. The largest absolute Gasteiger partial charge is 0.387 e. The number of nitrogens with one attached hydrogen (secondary N) is 2. The van der Waals surface area contributed by atoms with Crippen LogP contribution in [0.2, 0.25) is 0 Å². The molecular formula is C25H36N7O8PS. The standard InChI is InChI=1S/C25H36N7O8PS/c1-14(2)20(34)30-23-29-19-16(21(35)31-23)28-13-32(19)22-18(36-7)17(33)15(38-22)12-37-41(42,39-24(3,4)8-10-26)40-25(5,6)9-11-27/h13-15,17-18,22,33H,8-9,12H2,1-7H3,(H2,29,30,31,34,35)/t15-,17-,18-,22-/m1/s1. The van der Waals surface area contributed by atoms with Gasteiger partial charge in [0.1, 0.15) is 18.3 Å². The summed E-state index contributed by atoms with van der Waals surface area (Å²) in [5.74, 6) is -0.777. The molecule has 0 aromatic carbocycles. The van der Waals surface area contributed by atoms with Gasteiger partial charge in [0.15, 0.2) is 17.4 Å². The second kappa shape index (κ2) is 13.2. The van der Waals surface area contributed by atoms with Crippen molar-refractivity contribution in [3.63, 3.8) is 0 Å². The predicted molar refractivity (Wildman–Crippen MR) is 153 cm³/mol. The Balaban J connectivity index is 1.89. The van der Waals surface area contributed by atoms with Gasteiger partial charge in [0.2, 0.25) is 11.9 Å². The molecule has 17 heteroatoms. The number of aromatic nitrogens is 4. The van der Waals surface area contributed by atoms with Crippen molar-refractivity contribution in [3.05, 3.63) is 16.7 Å². The molecule has 1 aliphatic rings. The van der Waals surface area contributed by atoms with Crippen molar-refractivity contribution < 1.29 is 32.9 Å². The molecule has 0 bridgehead atoms. The molecule has 0 aliphatic carbocycles. The number of fused-ring (bicyclic) bond motifs is 1. The number of carbonyl (C=O) groups excluding carboxylic acids is 1. The van der Waals surface area contributed by atoms with Crippen molar-refractivity contribution in [2.24, 2.45) is 5.92 Å². The van der Waals surface area contributed by atoms with E-state index in [-0.39, 0.29) is 48.4 Å². The van der Waals surface area contributed by atoms with Gasteiger partial charge in [-0.3, -0.25) is 24.5 Å². The highest BCUT2D eigenvalue weighted by Gasteiger charge is 2.47. The van der Waals surface area contributed by atoms with E-state index >= 15 is 0 Å². The van der Waals surface area contributed by atoms with E-state index in [2.05, 4.69) is 20.3 Å². The number of aliphatic hydroxyl groups excluding tert-OH is 1. The number of rotatable bonds is 13. The summed E-state index contributed by atoms with van der Waals surface area (Å²) in [5.41, 5.74) is -2.57. The monoisotopic (exact) mass is 625 g/mol. The second-order valence-electron chi connectivity index (χ2n) is 11.3. The third-order valence-corrected chi connectivity index (χ3v) is 8.85. The Morgan fingerprint density at radius 1 is 1.26 bits per heavy atom. The van der Waals surface area contributed by atoms with E-state index in [0.29, 0.717) is 0 Å². The minimum absolute atomic E-state index is 0.00733. The third kappa shape index (κ3) is 7.98. The van der Waals surface area contributed by atoms with E-state index in [1.807, 2.05) is 12.1 Å². The summed E-state index contributed by atoms with van der Waals surface area (Å²) in [4.78, 5) is 35.8. The molecule has 3 N–H and O–H groups in total. The molecule has 42 heavy (non-hydrogen) atoms. The molecule has 2 aromatic rings. The maximum Gasteiger partial charge on any atom is 0.328 e. The normalized spacial score (nSPS) is 21.4. The highest BCUT2D eigenvalue weighted by molar-refractivity contribution is 8.07. The van der Waals surface area contributed by atoms with Crippen LogP contribution >= 0.6 is 6.72 Å². The van der Waals surface area contributed by atoms with Crippen LogP contribution in [0.5, 0.6) is 0 Å². The molecule has 3 heterocycles. The van der Waals surface area contributed by atoms with Gasteiger partial charge in [-0.2, -0.15) is 15.5 Å². The molecule has 0 unspecified atom stereocenters. The quantitative estimate of drug-likeness (QED) is 0.274. The Labute approximate surface area is 248 Å². The smallest absolute Gasteiger partial charge is 0.328 e. The van der Waals surface area contributed by atoms with Crippen molar-refractivity contribution >= 4 is 41.5 Å². The first-order valence-corrected chi connectivity index (χ1v) is 15.6. The van der Waals surface area contributed by atoms with Crippen LogP contribution in [0.4, 0.5) is 5.95 Å². The zero-order chi connectivity index (χ0) is 31.5. The Morgan fingerprint density at radius 2 is 1.86 bits per heavy atom. The number of hydrogen-bond donors (Lipinski definition) is 3. The lowest BCUT2D eigenvalue weighted by Gasteiger charge is -2.35. The maximum absolute atomic E-state index is 12.7. The van der Waals surface area contributed by atoms with Crippen molar-refractivity contribution in [3.8, 4) is 12.1 Å². The van der Waals surface area contributed by atoms with E-state index in [1.54, 1.807) is 41.5 Å². The third-order valence-electron chi connectivity index (χ3n) is 6.18. The van der Waals surface area contributed by atoms with Crippen molar-refractivity contribution in [1.82, 2.24) is 19.5 Å². The molecule has 3 rings (SSSR count). The summed E-state index contributed by atoms with van der Waals surface area (Å²) in [6.45, 7) is 6.14. The molecule has 1 fully saturated rings. The molecule has 4 atom stereocenters. The Hall–Kier alpha value is -2.79.